The molecular formula is C17H16N4O2. The monoisotopic (exact) mass is 308 g/mol. The van der Waals surface area contributed by atoms with Crippen LogP contribution in [0.1, 0.15) is 27.4 Å². The molecule has 0 fully saturated rings. The number of amides is 1. The van der Waals surface area contributed by atoms with E-state index >= 15 is 0 Å². The molecule has 6 nitrogen and oxygen atoms in total. The SMILES string of the molecule is Cc1cc(C(=O)NN=Cc2ccc(-n3ccnc3)cc2)c(C)o1. The number of imidazole rings is 1. The van der Waals surface area contributed by atoms with Gasteiger partial charge >= 0.3 is 0 Å². The molecule has 6 heteroatoms. The Morgan fingerprint density at radius 3 is 2.70 bits per heavy atom. The maximum Gasteiger partial charge on any atom is 0.274 e. The van der Waals surface area contributed by atoms with E-state index in [1.165, 1.54) is 0 Å². The van der Waals surface area contributed by atoms with Crippen LogP contribution in [0.2, 0.25) is 0 Å². The summed E-state index contributed by atoms with van der Waals surface area (Å²) in [7, 11) is 0. The third-order valence-corrected chi connectivity index (χ3v) is 3.36. The standard InChI is InChI=1S/C17H16N4O2/c1-12-9-16(13(2)23-12)17(22)20-19-10-14-3-5-15(6-4-14)21-8-7-18-11-21/h3-11H,1-2H3,(H,20,22). The molecular weight excluding hydrogens is 292 g/mol. The summed E-state index contributed by atoms with van der Waals surface area (Å²) in [5.41, 5.74) is 4.89. The fourth-order valence-electron chi connectivity index (χ4n) is 2.23. The van der Waals surface area contributed by atoms with Crippen LogP contribution in [0.15, 0.2) is 58.6 Å². The normalized spacial score (nSPS) is 11.0. The smallest absolute Gasteiger partial charge is 0.274 e. The summed E-state index contributed by atoms with van der Waals surface area (Å²) < 4.78 is 7.24. The highest BCUT2D eigenvalue weighted by Gasteiger charge is 2.12. The van der Waals surface area contributed by atoms with Gasteiger partial charge in [0, 0.05) is 18.1 Å². The third kappa shape index (κ3) is 3.37. The van der Waals surface area contributed by atoms with Crippen molar-refractivity contribution >= 4 is 12.1 Å². The Balaban J connectivity index is 1.64. The fourth-order valence-corrected chi connectivity index (χ4v) is 2.23. The maximum absolute atomic E-state index is 12.0. The van der Waals surface area contributed by atoms with Crippen LogP contribution < -0.4 is 5.43 Å². The Labute approximate surface area is 133 Å². The first kappa shape index (κ1) is 14.8. The van der Waals surface area contributed by atoms with E-state index in [2.05, 4.69) is 15.5 Å². The second-order valence-corrected chi connectivity index (χ2v) is 5.09. The van der Waals surface area contributed by atoms with Crippen molar-refractivity contribution in [3.8, 4) is 5.69 Å². The minimum absolute atomic E-state index is 0.286. The lowest BCUT2D eigenvalue weighted by Crippen LogP contribution is -2.17. The molecule has 1 aromatic carbocycles. The number of carbonyl (C=O) groups excluding carboxylic acids is 1. The zero-order valence-corrected chi connectivity index (χ0v) is 12.9. The molecule has 2 heterocycles. The lowest BCUT2D eigenvalue weighted by atomic mass is 10.2. The Hall–Kier alpha value is -3.15. The highest BCUT2D eigenvalue weighted by molar-refractivity contribution is 5.95. The quantitative estimate of drug-likeness (QED) is 0.595. The van der Waals surface area contributed by atoms with Crippen LogP contribution in [0.3, 0.4) is 0 Å². The summed E-state index contributed by atoms with van der Waals surface area (Å²) in [6.45, 7) is 3.55. The van der Waals surface area contributed by atoms with Crippen LogP contribution in [0.5, 0.6) is 0 Å². The first-order valence-corrected chi connectivity index (χ1v) is 7.12. The number of aryl methyl sites for hydroxylation is 2. The number of rotatable bonds is 4. The highest BCUT2D eigenvalue weighted by Crippen LogP contribution is 2.13. The van der Waals surface area contributed by atoms with Crippen molar-refractivity contribution in [3.63, 3.8) is 0 Å². The van der Waals surface area contributed by atoms with E-state index in [0.29, 0.717) is 17.1 Å². The number of benzene rings is 1. The predicted molar refractivity (Wildman–Crippen MR) is 86.8 cm³/mol. The van der Waals surface area contributed by atoms with Crippen molar-refractivity contribution in [2.75, 3.05) is 0 Å². The number of nitrogens with zero attached hydrogens (tertiary/aromatic N) is 3. The molecule has 1 amide bonds. The van der Waals surface area contributed by atoms with Gasteiger partial charge in [-0.25, -0.2) is 10.4 Å². The van der Waals surface area contributed by atoms with Crippen LogP contribution in [0, 0.1) is 13.8 Å². The molecule has 2 aromatic heterocycles. The van der Waals surface area contributed by atoms with Crippen molar-refractivity contribution in [2.45, 2.75) is 13.8 Å². The van der Waals surface area contributed by atoms with Crippen LogP contribution >= 0.6 is 0 Å². The first-order valence-electron chi connectivity index (χ1n) is 7.12. The molecule has 1 N–H and O–H groups in total. The maximum atomic E-state index is 12.0. The zero-order valence-electron chi connectivity index (χ0n) is 12.9. The molecule has 0 aliphatic carbocycles. The molecule has 0 atom stereocenters. The molecule has 3 aromatic rings. The topological polar surface area (TPSA) is 72.4 Å². The van der Waals surface area contributed by atoms with Crippen molar-refractivity contribution in [1.29, 1.82) is 0 Å². The molecule has 0 saturated heterocycles. The summed E-state index contributed by atoms with van der Waals surface area (Å²) in [6.07, 6.45) is 6.93. The molecule has 23 heavy (non-hydrogen) atoms. The lowest BCUT2D eigenvalue weighted by Gasteiger charge is -2.02. The van der Waals surface area contributed by atoms with Crippen molar-refractivity contribution in [1.82, 2.24) is 15.0 Å². The Morgan fingerprint density at radius 2 is 2.09 bits per heavy atom. The van der Waals surface area contributed by atoms with Crippen LogP contribution in [0.25, 0.3) is 5.69 Å². The number of hydrazone groups is 1. The number of hydrogen-bond acceptors (Lipinski definition) is 4. The molecule has 3 rings (SSSR count). The molecule has 0 spiro atoms. The van der Waals surface area contributed by atoms with Gasteiger partial charge < -0.3 is 8.98 Å². The second kappa shape index (κ2) is 6.31. The van der Waals surface area contributed by atoms with Gasteiger partial charge in [-0.15, -0.1) is 0 Å². The van der Waals surface area contributed by atoms with Crippen LogP contribution in [-0.4, -0.2) is 21.7 Å². The van der Waals surface area contributed by atoms with Crippen molar-refractivity contribution < 1.29 is 9.21 Å². The van der Waals surface area contributed by atoms with Gasteiger partial charge in [-0.05, 0) is 37.6 Å². The largest absolute Gasteiger partial charge is 0.466 e. The predicted octanol–water partition coefficient (Wildman–Crippen LogP) is 2.85. The summed E-state index contributed by atoms with van der Waals surface area (Å²) >= 11 is 0. The average Bonchev–Trinajstić information content (AvgIpc) is 3.17. The van der Waals surface area contributed by atoms with Gasteiger partial charge in [0.2, 0.25) is 0 Å². The molecule has 0 unspecified atom stereocenters. The molecule has 116 valence electrons. The minimum Gasteiger partial charge on any atom is -0.466 e. The summed E-state index contributed by atoms with van der Waals surface area (Å²) in [5, 5.41) is 3.98. The fraction of sp³-hybridized carbons (Fsp3) is 0.118. The summed E-state index contributed by atoms with van der Waals surface area (Å²) in [4.78, 5) is 16.0. The van der Waals surface area contributed by atoms with Gasteiger partial charge in [0.05, 0.1) is 18.1 Å². The average molecular weight is 308 g/mol. The van der Waals surface area contributed by atoms with E-state index in [1.807, 2.05) is 35.0 Å². The Bertz CT molecular complexity index is 830. The van der Waals surface area contributed by atoms with Gasteiger partial charge in [0.1, 0.15) is 11.5 Å². The van der Waals surface area contributed by atoms with Crippen LogP contribution in [0.4, 0.5) is 0 Å². The number of hydrogen-bond donors (Lipinski definition) is 1. The van der Waals surface area contributed by atoms with E-state index in [-0.39, 0.29) is 5.91 Å². The van der Waals surface area contributed by atoms with E-state index in [9.17, 15) is 4.79 Å². The molecule has 0 bridgehead atoms. The molecule has 0 aliphatic heterocycles. The van der Waals surface area contributed by atoms with Crippen molar-refractivity contribution in [3.05, 3.63) is 71.7 Å². The second-order valence-electron chi connectivity index (χ2n) is 5.09. The molecule has 0 radical (unpaired) electrons. The lowest BCUT2D eigenvalue weighted by molar-refractivity contribution is 0.0953. The van der Waals surface area contributed by atoms with Gasteiger partial charge in [0.15, 0.2) is 0 Å². The summed E-state index contributed by atoms with van der Waals surface area (Å²) in [5.74, 6) is 0.997. The highest BCUT2D eigenvalue weighted by atomic mass is 16.3. The van der Waals surface area contributed by atoms with Gasteiger partial charge in [-0.3, -0.25) is 4.79 Å². The number of furan rings is 1. The van der Waals surface area contributed by atoms with Crippen LogP contribution in [-0.2, 0) is 0 Å². The van der Waals surface area contributed by atoms with E-state index in [0.717, 1.165) is 11.3 Å². The molecule has 0 aliphatic rings. The van der Waals surface area contributed by atoms with E-state index < -0.39 is 0 Å². The Morgan fingerprint density at radius 1 is 1.30 bits per heavy atom. The zero-order chi connectivity index (χ0) is 16.2. The third-order valence-electron chi connectivity index (χ3n) is 3.36. The van der Waals surface area contributed by atoms with Gasteiger partial charge in [-0.2, -0.15) is 5.10 Å². The number of carbonyl (C=O) groups is 1. The summed E-state index contributed by atoms with van der Waals surface area (Å²) in [6, 6.07) is 9.43. The van der Waals surface area contributed by atoms with E-state index in [1.54, 1.807) is 38.7 Å². The minimum atomic E-state index is -0.286. The number of aromatic nitrogens is 2. The van der Waals surface area contributed by atoms with Gasteiger partial charge in [-0.1, -0.05) is 12.1 Å². The number of nitrogens with one attached hydrogen (secondary N) is 1. The Kier molecular flexibility index (Phi) is 4.05. The first-order chi connectivity index (χ1) is 11.1. The van der Waals surface area contributed by atoms with Crippen molar-refractivity contribution in [2.24, 2.45) is 5.10 Å². The van der Waals surface area contributed by atoms with E-state index in [4.69, 9.17) is 4.42 Å². The van der Waals surface area contributed by atoms with Gasteiger partial charge in [0.25, 0.3) is 5.91 Å². The molecule has 0 saturated carbocycles.